The molecular formula is C21H16N2O5S. The number of carbonyl (C=O) groups excluding carboxylic acids is 1. The highest BCUT2D eigenvalue weighted by Crippen LogP contribution is 2.25. The van der Waals surface area contributed by atoms with Gasteiger partial charge in [0.15, 0.2) is 16.5 Å². The standard InChI is InChI=1S/C21H16N2O5S/c1-26-17-9-5-6-13-10-16(20(25)28-18(13)17)19(24)27-11-15-12-29-21(23-15)22-14-7-3-2-4-8-14/h2-10,12H,11H2,1H3,(H,22,23). The van der Waals surface area contributed by atoms with Gasteiger partial charge in [-0.1, -0.05) is 30.3 Å². The minimum Gasteiger partial charge on any atom is -0.493 e. The Morgan fingerprint density at radius 1 is 1.17 bits per heavy atom. The van der Waals surface area contributed by atoms with Crippen molar-refractivity contribution in [3.63, 3.8) is 0 Å². The molecule has 146 valence electrons. The largest absolute Gasteiger partial charge is 0.493 e. The zero-order chi connectivity index (χ0) is 20.2. The number of carbonyl (C=O) groups is 1. The average molecular weight is 408 g/mol. The molecule has 0 aliphatic rings. The molecule has 0 radical (unpaired) electrons. The first-order chi connectivity index (χ1) is 14.1. The second-order valence-electron chi connectivity index (χ2n) is 6.04. The summed E-state index contributed by atoms with van der Waals surface area (Å²) in [5, 5.41) is 6.21. The van der Waals surface area contributed by atoms with Crippen molar-refractivity contribution < 1.29 is 18.7 Å². The van der Waals surface area contributed by atoms with Gasteiger partial charge >= 0.3 is 11.6 Å². The number of ether oxygens (including phenoxy) is 2. The third-order valence-corrected chi connectivity index (χ3v) is 4.90. The molecule has 0 amide bonds. The molecule has 4 aromatic rings. The Hall–Kier alpha value is -3.65. The lowest BCUT2D eigenvalue weighted by Gasteiger charge is -2.06. The van der Waals surface area contributed by atoms with E-state index < -0.39 is 11.6 Å². The lowest BCUT2D eigenvalue weighted by molar-refractivity contribution is 0.0464. The van der Waals surface area contributed by atoms with Crippen LogP contribution < -0.4 is 15.7 Å². The molecular weight excluding hydrogens is 392 g/mol. The van der Waals surface area contributed by atoms with Crippen LogP contribution in [0, 0.1) is 0 Å². The van der Waals surface area contributed by atoms with Crippen LogP contribution in [0.4, 0.5) is 10.8 Å². The van der Waals surface area contributed by atoms with Gasteiger partial charge in [-0.2, -0.15) is 0 Å². The normalized spacial score (nSPS) is 10.7. The molecule has 7 nitrogen and oxygen atoms in total. The maximum atomic E-state index is 12.4. The topological polar surface area (TPSA) is 90.7 Å². The lowest BCUT2D eigenvalue weighted by atomic mass is 10.2. The Bertz CT molecular complexity index is 1220. The molecule has 0 spiro atoms. The van der Waals surface area contributed by atoms with E-state index in [1.165, 1.54) is 24.5 Å². The van der Waals surface area contributed by atoms with Gasteiger partial charge in [-0.05, 0) is 24.3 Å². The first-order valence-corrected chi connectivity index (χ1v) is 9.56. The Morgan fingerprint density at radius 3 is 2.79 bits per heavy atom. The monoisotopic (exact) mass is 408 g/mol. The predicted octanol–water partition coefficient (Wildman–Crippen LogP) is 4.36. The van der Waals surface area contributed by atoms with Gasteiger partial charge in [0.05, 0.1) is 12.8 Å². The first-order valence-electron chi connectivity index (χ1n) is 8.68. The fourth-order valence-corrected chi connectivity index (χ4v) is 3.43. The minimum absolute atomic E-state index is 0.0542. The van der Waals surface area contributed by atoms with Crippen LogP contribution >= 0.6 is 11.3 Å². The van der Waals surface area contributed by atoms with Crippen LogP contribution in [0.15, 0.2) is 69.2 Å². The van der Waals surface area contributed by atoms with Crippen molar-refractivity contribution in [2.75, 3.05) is 12.4 Å². The summed E-state index contributed by atoms with van der Waals surface area (Å²) in [5.41, 5.74) is 0.816. The van der Waals surface area contributed by atoms with Crippen molar-refractivity contribution >= 4 is 39.1 Å². The second-order valence-corrected chi connectivity index (χ2v) is 6.90. The highest BCUT2D eigenvalue weighted by Gasteiger charge is 2.17. The number of fused-ring (bicyclic) bond motifs is 1. The number of benzene rings is 2. The summed E-state index contributed by atoms with van der Waals surface area (Å²) in [7, 11) is 1.48. The van der Waals surface area contributed by atoms with Gasteiger partial charge < -0.3 is 19.2 Å². The number of para-hydroxylation sites is 2. The number of hydrogen-bond donors (Lipinski definition) is 1. The first kappa shape index (κ1) is 18.7. The lowest BCUT2D eigenvalue weighted by Crippen LogP contribution is -2.16. The Labute approximate surface area is 169 Å². The number of rotatable bonds is 6. The number of nitrogens with zero attached hydrogens (tertiary/aromatic N) is 1. The van der Waals surface area contributed by atoms with Crippen molar-refractivity contribution in [3.8, 4) is 5.75 Å². The number of anilines is 2. The highest BCUT2D eigenvalue weighted by molar-refractivity contribution is 7.13. The SMILES string of the molecule is COc1cccc2cc(C(=O)OCc3csc(Nc4ccccc4)n3)c(=O)oc12. The van der Waals surface area contributed by atoms with Gasteiger partial charge in [0, 0.05) is 16.5 Å². The molecule has 0 unspecified atom stereocenters. The number of nitrogens with one attached hydrogen (secondary N) is 1. The third kappa shape index (κ3) is 4.12. The van der Waals surface area contributed by atoms with Crippen LogP contribution in [0.2, 0.25) is 0 Å². The molecule has 0 atom stereocenters. The van der Waals surface area contributed by atoms with Gasteiger partial charge in [-0.15, -0.1) is 11.3 Å². The minimum atomic E-state index is -0.781. The van der Waals surface area contributed by atoms with Gasteiger partial charge in [0.25, 0.3) is 0 Å². The van der Waals surface area contributed by atoms with Gasteiger partial charge in [-0.3, -0.25) is 0 Å². The van der Waals surface area contributed by atoms with E-state index in [0.717, 1.165) is 5.69 Å². The average Bonchev–Trinajstić information content (AvgIpc) is 3.19. The summed E-state index contributed by atoms with van der Waals surface area (Å²) in [6.07, 6.45) is 0. The smallest absolute Gasteiger partial charge is 0.351 e. The number of esters is 1. The number of methoxy groups -OCH3 is 1. The number of thiazole rings is 1. The maximum Gasteiger partial charge on any atom is 0.351 e. The molecule has 2 aromatic carbocycles. The zero-order valence-corrected chi connectivity index (χ0v) is 16.2. The van der Waals surface area contributed by atoms with E-state index in [0.29, 0.717) is 22.0 Å². The Balaban J connectivity index is 1.46. The van der Waals surface area contributed by atoms with Crippen LogP contribution in [-0.4, -0.2) is 18.1 Å². The molecule has 0 bridgehead atoms. The molecule has 2 aromatic heterocycles. The fourth-order valence-electron chi connectivity index (χ4n) is 2.71. The molecule has 29 heavy (non-hydrogen) atoms. The van der Waals surface area contributed by atoms with Crippen LogP contribution in [-0.2, 0) is 11.3 Å². The van der Waals surface area contributed by atoms with Crippen molar-refractivity contribution in [2.24, 2.45) is 0 Å². The van der Waals surface area contributed by atoms with E-state index in [2.05, 4.69) is 10.3 Å². The summed E-state index contributed by atoms with van der Waals surface area (Å²) < 4.78 is 15.7. The van der Waals surface area contributed by atoms with Crippen LogP contribution in [0.5, 0.6) is 5.75 Å². The van der Waals surface area contributed by atoms with Crippen molar-refractivity contribution in [1.82, 2.24) is 4.98 Å². The van der Waals surface area contributed by atoms with Crippen LogP contribution in [0.25, 0.3) is 11.0 Å². The van der Waals surface area contributed by atoms with E-state index in [9.17, 15) is 9.59 Å². The summed E-state index contributed by atoms with van der Waals surface area (Å²) in [5.74, 6) is -0.352. The molecule has 4 rings (SSSR count). The van der Waals surface area contributed by atoms with E-state index >= 15 is 0 Å². The molecule has 0 aliphatic heterocycles. The van der Waals surface area contributed by atoms with Gasteiger partial charge in [0.2, 0.25) is 0 Å². The molecule has 0 saturated heterocycles. The fraction of sp³-hybridized carbons (Fsp3) is 0.0952. The number of hydrogen-bond acceptors (Lipinski definition) is 8. The van der Waals surface area contributed by atoms with Crippen LogP contribution in [0.3, 0.4) is 0 Å². The van der Waals surface area contributed by atoms with E-state index in [1.807, 2.05) is 30.3 Å². The van der Waals surface area contributed by atoms with Gasteiger partial charge in [-0.25, -0.2) is 14.6 Å². The summed E-state index contributed by atoms with van der Waals surface area (Å²) in [6.45, 7) is -0.0542. The predicted molar refractivity (Wildman–Crippen MR) is 110 cm³/mol. The molecule has 1 N–H and O–H groups in total. The molecule has 0 saturated carbocycles. The molecule has 0 fully saturated rings. The molecule has 0 aliphatic carbocycles. The molecule has 2 heterocycles. The van der Waals surface area contributed by atoms with Crippen molar-refractivity contribution in [2.45, 2.75) is 6.61 Å². The highest BCUT2D eigenvalue weighted by atomic mass is 32.1. The van der Waals surface area contributed by atoms with Crippen molar-refractivity contribution in [3.05, 3.63) is 81.7 Å². The Morgan fingerprint density at radius 2 is 2.00 bits per heavy atom. The van der Waals surface area contributed by atoms with Crippen LogP contribution in [0.1, 0.15) is 16.1 Å². The number of aromatic nitrogens is 1. The van der Waals surface area contributed by atoms with Gasteiger partial charge in [0.1, 0.15) is 12.2 Å². The summed E-state index contributed by atoms with van der Waals surface area (Å²) in [6, 6.07) is 16.2. The van der Waals surface area contributed by atoms with E-state index in [4.69, 9.17) is 13.9 Å². The van der Waals surface area contributed by atoms with E-state index in [-0.39, 0.29) is 17.8 Å². The maximum absolute atomic E-state index is 12.4. The summed E-state index contributed by atoms with van der Waals surface area (Å²) >= 11 is 1.39. The second kappa shape index (κ2) is 8.15. The summed E-state index contributed by atoms with van der Waals surface area (Å²) in [4.78, 5) is 29.0. The van der Waals surface area contributed by atoms with Crippen molar-refractivity contribution in [1.29, 1.82) is 0 Å². The quantitative estimate of drug-likeness (QED) is 0.374. The Kier molecular flexibility index (Phi) is 5.26. The molecule has 8 heteroatoms. The van der Waals surface area contributed by atoms with E-state index in [1.54, 1.807) is 23.6 Å². The third-order valence-electron chi connectivity index (χ3n) is 4.09. The zero-order valence-electron chi connectivity index (χ0n) is 15.4.